The summed E-state index contributed by atoms with van der Waals surface area (Å²) < 4.78 is 7.99. The van der Waals surface area contributed by atoms with Gasteiger partial charge in [0.25, 0.3) is 0 Å². The second kappa shape index (κ2) is 5.54. The predicted octanol–water partition coefficient (Wildman–Crippen LogP) is 2.50. The van der Waals surface area contributed by atoms with Crippen LogP contribution in [0.25, 0.3) is 0 Å². The Labute approximate surface area is 115 Å². The summed E-state index contributed by atoms with van der Waals surface area (Å²) in [5, 5.41) is 7.51. The van der Waals surface area contributed by atoms with Crippen LogP contribution in [-0.2, 0) is 7.05 Å². The Hall–Kier alpha value is -1.33. The van der Waals surface area contributed by atoms with Gasteiger partial charge in [-0.1, -0.05) is 6.07 Å². The Morgan fingerprint density at radius 2 is 2.17 bits per heavy atom. The van der Waals surface area contributed by atoms with Crippen molar-refractivity contribution in [3.63, 3.8) is 0 Å². The molecular weight excluding hydrogens is 294 g/mol. The van der Waals surface area contributed by atoms with E-state index in [-0.39, 0.29) is 6.04 Å². The van der Waals surface area contributed by atoms with E-state index in [1.165, 1.54) is 0 Å². The van der Waals surface area contributed by atoms with Gasteiger partial charge in [0.05, 0.1) is 23.8 Å². The Kier molecular flexibility index (Phi) is 4.04. The summed E-state index contributed by atoms with van der Waals surface area (Å²) in [6, 6.07) is 6.20. The molecule has 18 heavy (non-hydrogen) atoms. The van der Waals surface area contributed by atoms with Crippen LogP contribution in [0.3, 0.4) is 0 Å². The lowest BCUT2D eigenvalue weighted by atomic mass is 10.0. The lowest BCUT2D eigenvalue weighted by Crippen LogP contribution is -2.17. The van der Waals surface area contributed by atoms with Crippen molar-refractivity contribution < 1.29 is 4.74 Å². The number of ether oxygens (including phenoxy) is 1. The lowest BCUT2D eigenvalue weighted by molar-refractivity contribution is 0.412. The van der Waals surface area contributed by atoms with E-state index in [0.29, 0.717) is 0 Å². The largest absolute Gasteiger partial charge is 0.496 e. The molecule has 4 nitrogen and oxygen atoms in total. The second-order valence-corrected chi connectivity index (χ2v) is 4.92. The Morgan fingerprint density at radius 3 is 2.67 bits per heavy atom. The van der Waals surface area contributed by atoms with Crippen molar-refractivity contribution in [2.24, 2.45) is 7.05 Å². The third kappa shape index (κ3) is 2.57. The summed E-state index contributed by atoms with van der Waals surface area (Å²) in [4.78, 5) is 0. The van der Waals surface area contributed by atoms with E-state index in [2.05, 4.69) is 38.5 Å². The summed E-state index contributed by atoms with van der Waals surface area (Å²) in [7, 11) is 5.52. The van der Waals surface area contributed by atoms with Gasteiger partial charge >= 0.3 is 0 Å². The number of nitrogens with zero attached hydrogens (tertiary/aromatic N) is 2. The van der Waals surface area contributed by atoms with Crippen molar-refractivity contribution in [3.05, 3.63) is 46.2 Å². The highest BCUT2D eigenvalue weighted by atomic mass is 79.9. The third-order valence-corrected chi connectivity index (χ3v) is 3.48. The number of benzene rings is 1. The van der Waals surface area contributed by atoms with Crippen LogP contribution in [0, 0.1) is 0 Å². The summed E-state index contributed by atoms with van der Waals surface area (Å²) in [6.45, 7) is 0. The molecule has 0 aliphatic carbocycles. The van der Waals surface area contributed by atoms with Crippen LogP contribution in [-0.4, -0.2) is 23.9 Å². The standard InChI is InChI=1S/C13H16BrN3O/c1-15-13(10-7-16-17(2)8-10)9-4-5-12(18-3)11(14)6-9/h4-8,13,15H,1-3H3. The van der Waals surface area contributed by atoms with Crippen molar-refractivity contribution >= 4 is 15.9 Å². The zero-order valence-electron chi connectivity index (χ0n) is 10.6. The van der Waals surface area contributed by atoms with Gasteiger partial charge in [-0.05, 0) is 40.7 Å². The molecule has 0 amide bonds. The van der Waals surface area contributed by atoms with Gasteiger partial charge in [0.1, 0.15) is 5.75 Å². The molecule has 0 saturated carbocycles. The number of aryl methyl sites for hydroxylation is 1. The highest BCUT2D eigenvalue weighted by Crippen LogP contribution is 2.30. The number of methoxy groups -OCH3 is 1. The molecule has 0 saturated heterocycles. The van der Waals surface area contributed by atoms with Crippen LogP contribution >= 0.6 is 15.9 Å². The Morgan fingerprint density at radius 1 is 1.39 bits per heavy atom. The van der Waals surface area contributed by atoms with Crippen molar-refractivity contribution in [1.82, 2.24) is 15.1 Å². The first-order valence-electron chi connectivity index (χ1n) is 5.65. The molecule has 96 valence electrons. The van der Waals surface area contributed by atoms with E-state index in [1.807, 2.05) is 32.6 Å². The number of nitrogens with one attached hydrogen (secondary N) is 1. The van der Waals surface area contributed by atoms with Gasteiger partial charge in [0.2, 0.25) is 0 Å². The van der Waals surface area contributed by atoms with Crippen LogP contribution in [0.1, 0.15) is 17.2 Å². The number of hydrogen-bond acceptors (Lipinski definition) is 3. The van der Waals surface area contributed by atoms with Crippen LogP contribution < -0.4 is 10.1 Å². The van der Waals surface area contributed by atoms with Gasteiger partial charge in [-0.25, -0.2) is 0 Å². The van der Waals surface area contributed by atoms with E-state index in [1.54, 1.807) is 11.8 Å². The molecule has 0 bridgehead atoms. The molecule has 0 spiro atoms. The van der Waals surface area contributed by atoms with E-state index in [0.717, 1.165) is 21.3 Å². The van der Waals surface area contributed by atoms with Crippen molar-refractivity contribution in [2.75, 3.05) is 14.2 Å². The van der Waals surface area contributed by atoms with E-state index >= 15 is 0 Å². The first-order chi connectivity index (χ1) is 8.65. The molecular formula is C13H16BrN3O. The minimum atomic E-state index is 0.126. The lowest BCUT2D eigenvalue weighted by Gasteiger charge is -2.16. The van der Waals surface area contributed by atoms with Gasteiger partial charge < -0.3 is 10.1 Å². The predicted molar refractivity (Wildman–Crippen MR) is 74.8 cm³/mol. The van der Waals surface area contributed by atoms with E-state index in [9.17, 15) is 0 Å². The van der Waals surface area contributed by atoms with Gasteiger partial charge in [-0.3, -0.25) is 4.68 Å². The van der Waals surface area contributed by atoms with Crippen LogP contribution in [0.5, 0.6) is 5.75 Å². The monoisotopic (exact) mass is 309 g/mol. The molecule has 5 heteroatoms. The Bertz CT molecular complexity index is 539. The fourth-order valence-electron chi connectivity index (χ4n) is 1.98. The first kappa shape index (κ1) is 13.1. The summed E-state index contributed by atoms with van der Waals surface area (Å²) in [5.74, 6) is 0.833. The maximum Gasteiger partial charge on any atom is 0.133 e. The average Bonchev–Trinajstić information content (AvgIpc) is 2.77. The minimum absolute atomic E-state index is 0.126. The number of rotatable bonds is 4. The number of aromatic nitrogens is 2. The molecule has 2 rings (SSSR count). The maximum absolute atomic E-state index is 5.24. The van der Waals surface area contributed by atoms with Gasteiger partial charge in [-0.15, -0.1) is 0 Å². The number of halogens is 1. The normalized spacial score (nSPS) is 12.4. The molecule has 1 aromatic carbocycles. The van der Waals surface area contributed by atoms with E-state index in [4.69, 9.17) is 4.74 Å². The number of hydrogen-bond donors (Lipinski definition) is 1. The Balaban J connectivity index is 2.36. The zero-order chi connectivity index (χ0) is 13.1. The second-order valence-electron chi connectivity index (χ2n) is 4.06. The topological polar surface area (TPSA) is 39.1 Å². The fourth-order valence-corrected chi connectivity index (χ4v) is 2.54. The molecule has 1 aromatic heterocycles. The molecule has 0 fully saturated rings. The minimum Gasteiger partial charge on any atom is -0.496 e. The summed E-state index contributed by atoms with van der Waals surface area (Å²) >= 11 is 3.51. The first-order valence-corrected chi connectivity index (χ1v) is 6.44. The van der Waals surface area contributed by atoms with Crippen LogP contribution in [0.2, 0.25) is 0 Å². The highest BCUT2D eigenvalue weighted by molar-refractivity contribution is 9.10. The van der Waals surface area contributed by atoms with Crippen LogP contribution in [0.15, 0.2) is 35.1 Å². The summed E-state index contributed by atoms with van der Waals surface area (Å²) in [6.07, 6.45) is 3.89. The fraction of sp³-hybridized carbons (Fsp3) is 0.308. The quantitative estimate of drug-likeness (QED) is 0.943. The highest BCUT2D eigenvalue weighted by Gasteiger charge is 2.15. The van der Waals surface area contributed by atoms with Crippen LogP contribution in [0.4, 0.5) is 0 Å². The van der Waals surface area contributed by atoms with Gasteiger partial charge in [0, 0.05) is 18.8 Å². The third-order valence-electron chi connectivity index (χ3n) is 2.86. The molecule has 1 N–H and O–H groups in total. The molecule has 0 aliphatic rings. The maximum atomic E-state index is 5.24. The summed E-state index contributed by atoms with van der Waals surface area (Å²) in [5.41, 5.74) is 2.30. The van der Waals surface area contributed by atoms with Crippen molar-refractivity contribution in [3.8, 4) is 5.75 Å². The molecule has 2 aromatic rings. The van der Waals surface area contributed by atoms with Gasteiger partial charge in [0.15, 0.2) is 0 Å². The molecule has 0 radical (unpaired) electrons. The smallest absolute Gasteiger partial charge is 0.133 e. The molecule has 0 aliphatic heterocycles. The molecule has 1 atom stereocenters. The zero-order valence-corrected chi connectivity index (χ0v) is 12.2. The van der Waals surface area contributed by atoms with Gasteiger partial charge in [-0.2, -0.15) is 5.10 Å². The molecule has 1 unspecified atom stereocenters. The van der Waals surface area contributed by atoms with Crippen molar-refractivity contribution in [2.45, 2.75) is 6.04 Å². The van der Waals surface area contributed by atoms with Crippen molar-refractivity contribution in [1.29, 1.82) is 0 Å². The molecule has 1 heterocycles. The average molecular weight is 310 g/mol. The SMILES string of the molecule is CNC(c1ccc(OC)c(Br)c1)c1cnn(C)c1. The van der Waals surface area contributed by atoms with E-state index < -0.39 is 0 Å².